The third kappa shape index (κ3) is 4.82. The number of hydrogen-bond donors (Lipinski definition) is 0. The van der Waals surface area contributed by atoms with Crippen molar-refractivity contribution >= 4 is 17.6 Å². The second-order valence-corrected chi connectivity index (χ2v) is 6.13. The average Bonchev–Trinajstić information content (AvgIpc) is 2.64. The quantitative estimate of drug-likeness (QED) is 0.665. The molecular formula is C22H24O4. The topological polar surface area (TPSA) is 52.6 Å². The zero-order chi connectivity index (χ0) is 19.1. The van der Waals surface area contributed by atoms with Crippen LogP contribution in [0, 0.1) is 5.92 Å². The maximum absolute atomic E-state index is 12.1. The van der Waals surface area contributed by atoms with Crippen molar-refractivity contribution in [2.75, 3.05) is 14.2 Å². The maximum Gasteiger partial charge on any atom is 0.141 e. The molecule has 1 atom stereocenters. The summed E-state index contributed by atoms with van der Waals surface area (Å²) >= 11 is 0. The van der Waals surface area contributed by atoms with E-state index in [2.05, 4.69) is 0 Å². The van der Waals surface area contributed by atoms with Gasteiger partial charge in [-0.15, -0.1) is 0 Å². The molecule has 0 bridgehead atoms. The van der Waals surface area contributed by atoms with Crippen molar-refractivity contribution < 1.29 is 19.1 Å². The predicted octanol–water partition coefficient (Wildman–Crippen LogP) is 4.30. The van der Waals surface area contributed by atoms with E-state index in [1.165, 1.54) is 13.8 Å². The van der Waals surface area contributed by atoms with Crippen LogP contribution in [-0.4, -0.2) is 25.8 Å². The Morgan fingerprint density at radius 1 is 0.808 bits per heavy atom. The minimum atomic E-state index is -0.710. The van der Waals surface area contributed by atoms with E-state index >= 15 is 0 Å². The summed E-state index contributed by atoms with van der Waals surface area (Å²) < 4.78 is 10.4. The second kappa shape index (κ2) is 8.99. The third-order valence-electron chi connectivity index (χ3n) is 4.35. The number of carbonyl (C=O) groups is 2. The van der Waals surface area contributed by atoms with Gasteiger partial charge >= 0.3 is 0 Å². The molecule has 136 valence electrons. The first-order valence-electron chi connectivity index (χ1n) is 8.43. The molecule has 0 heterocycles. The van der Waals surface area contributed by atoms with Gasteiger partial charge in [-0.2, -0.15) is 0 Å². The summed E-state index contributed by atoms with van der Waals surface area (Å²) in [4.78, 5) is 24.2. The Morgan fingerprint density at radius 2 is 1.27 bits per heavy atom. The maximum atomic E-state index is 12.1. The molecule has 0 fully saturated rings. The highest BCUT2D eigenvalue weighted by Crippen LogP contribution is 2.30. The molecule has 0 N–H and O–H groups in total. The molecule has 2 rings (SSSR count). The van der Waals surface area contributed by atoms with Crippen LogP contribution < -0.4 is 9.47 Å². The molecule has 0 aliphatic heterocycles. The van der Waals surface area contributed by atoms with Crippen molar-refractivity contribution in [3.63, 3.8) is 0 Å². The summed E-state index contributed by atoms with van der Waals surface area (Å²) in [6, 6.07) is 15.0. The molecule has 0 saturated carbocycles. The van der Waals surface area contributed by atoms with Crippen LogP contribution in [-0.2, 0) is 9.59 Å². The highest BCUT2D eigenvalue weighted by atomic mass is 16.5. The molecule has 0 radical (unpaired) electrons. The van der Waals surface area contributed by atoms with E-state index in [0.29, 0.717) is 0 Å². The van der Waals surface area contributed by atoms with Gasteiger partial charge in [0.05, 0.1) is 20.1 Å². The molecule has 0 aliphatic carbocycles. The van der Waals surface area contributed by atoms with E-state index < -0.39 is 5.92 Å². The number of Topliss-reactive ketones (excluding diaryl/α,β-unsaturated/α-hetero) is 2. The highest BCUT2D eigenvalue weighted by molar-refractivity contribution is 6.01. The number of methoxy groups -OCH3 is 2. The van der Waals surface area contributed by atoms with Crippen molar-refractivity contribution in [1.82, 2.24) is 0 Å². The van der Waals surface area contributed by atoms with E-state index in [-0.39, 0.29) is 17.5 Å². The zero-order valence-electron chi connectivity index (χ0n) is 15.6. The van der Waals surface area contributed by atoms with Crippen LogP contribution in [0.5, 0.6) is 11.5 Å². The standard InChI is InChI=1S/C22H24O4/c1-15(23)22(16(2)24)21(18-8-12-20(26-4)13-9-18)14-7-17-5-10-19(25-3)11-6-17/h5-14,21-22H,1-4H3/b14-7+. The Balaban J connectivity index is 2.39. The van der Waals surface area contributed by atoms with Crippen molar-refractivity contribution in [3.8, 4) is 11.5 Å². The van der Waals surface area contributed by atoms with Gasteiger partial charge in [0.1, 0.15) is 23.1 Å². The molecule has 26 heavy (non-hydrogen) atoms. The van der Waals surface area contributed by atoms with Crippen LogP contribution in [0.2, 0.25) is 0 Å². The van der Waals surface area contributed by atoms with Gasteiger partial charge in [-0.25, -0.2) is 0 Å². The Hall–Kier alpha value is -2.88. The molecule has 0 aliphatic rings. The first kappa shape index (κ1) is 19.4. The van der Waals surface area contributed by atoms with Crippen molar-refractivity contribution in [2.24, 2.45) is 5.92 Å². The lowest BCUT2D eigenvalue weighted by Gasteiger charge is -2.21. The van der Waals surface area contributed by atoms with Crippen LogP contribution >= 0.6 is 0 Å². The van der Waals surface area contributed by atoms with Gasteiger partial charge < -0.3 is 9.47 Å². The van der Waals surface area contributed by atoms with Crippen molar-refractivity contribution in [3.05, 3.63) is 65.7 Å². The van der Waals surface area contributed by atoms with Gasteiger partial charge in [-0.3, -0.25) is 9.59 Å². The predicted molar refractivity (Wildman–Crippen MR) is 103 cm³/mol. The summed E-state index contributed by atoms with van der Waals surface area (Å²) in [6.07, 6.45) is 3.84. The van der Waals surface area contributed by atoms with Crippen molar-refractivity contribution in [2.45, 2.75) is 19.8 Å². The lowest BCUT2D eigenvalue weighted by molar-refractivity contribution is -0.130. The number of carbonyl (C=O) groups excluding carboxylic acids is 2. The van der Waals surface area contributed by atoms with Gasteiger partial charge in [0.2, 0.25) is 0 Å². The lowest BCUT2D eigenvalue weighted by atomic mass is 9.81. The Bertz CT molecular complexity index is 759. The van der Waals surface area contributed by atoms with Gasteiger partial charge in [-0.05, 0) is 49.2 Å². The fraction of sp³-hybridized carbons (Fsp3) is 0.273. The minimum Gasteiger partial charge on any atom is -0.497 e. The van der Waals surface area contributed by atoms with Crippen LogP contribution in [0.15, 0.2) is 54.6 Å². The fourth-order valence-electron chi connectivity index (χ4n) is 2.96. The van der Waals surface area contributed by atoms with E-state index in [1.807, 2.05) is 60.7 Å². The van der Waals surface area contributed by atoms with Gasteiger partial charge in [0, 0.05) is 5.92 Å². The number of benzene rings is 2. The molecule has 0 amide bonds. The van der Waals surface area contributed by atoms with Crippen LogP contribution in [0.25, 0.3) is 6.08 Å². The molecule has 0 aromatic heterocycles. The highest BCUT2D eigenvalue weighted by Gasteiger charge is 2.29. The second-order valence-electron chi connectivity index (χ2n) is 6.13. The van der Waals surface area contributed by atoms with Crippen LogP contribution in [0.3, 0.4) is 0 Å². The summed E-state index contributed by atoms with van der Waals surface area (Å²) in [5, 5.41) is 0. The molecule has 2 aromatic rings. The monoisotopic (exact) mass is 352 g/mol. The number of ether oxygens (including phenoxy) is 2. The molecule has 2 aromatic carbocycles. The molecule has 1 unspecified atom stereocenters. The Labute approximate surface area is 154 Å². The number of allylic oxidation sites excluding steroid dienone is 1. The van der Waals surface area contributed by atoms with E-state index in [9.17, 15) is 9.59 Å². The van der Waals surface area contributed by atoms with E-state index in [0.717, 1.165) is 22.6 Å². The summed E-state index contributed by atoms with van der Waals surface area (Å²) in [6.45, 7) is 2.92. The molecule has 0 saturated heterocycles. The zero-order valence-corrected chi connectivity index (χ0v) is 15.6. The average molecular weight is 352 g/mol. The molecular weight excluding hydrogens is 328 g/mol. The largest absolute Gasteiger partial charge is 0.497 e. The molecule has 4 nitrogen and oxygen atoms in total. The van der Waals surface area contributed by atoms with E-state index in [1.54, 1.807) is 14.2 Å². The first-order chi connectivity index (χ1) is 12.5. The summed E-state index contributed by atoms with van der Waals surface area (Å²) in [7, 11) is 3.22. The SMILES string of the molecule is COc1ccc(/C=C/C(c2ccc(OC)cc2)C(C(C)=O)C(C)=O)cc1. The number of ketones is 2. The summed E-state index contributed by atoms with van der Waals surface area (Å²) in [5.74, 6) is 0.180. The van der Waals surface area contributed by atoms with Gasteiger partial charge in [0.25, 0.3) is 0 Å². The normalized spacial score (nSPS) is 12.2. The minimum absolute atomic E-state index is 0.141. The smallest absolute Gasteiger partial charge is 0.141 e. The number of rotatable bonds is 8. The third-order valence-corrected chi connectivity index (χ3v) is 4.35. The Morgan fingerprint density at radius 3 is 1.69 bits per heavy atom. The number of hydrogen-bond acceptors (Lipinski definition) is 4. The fourth-order valence-corrected chi connectivity index (χ4v) is 2.96. The van der Waals surface area contributed by atoms with Gasteiger partial charge in [0.15, 0.2) is 0 Å². The first-order valence-corrected chi connectivity index (χ1v) is 8.43. The van der Waals surface area contributed by atoms with E-state index in [4.69, 9.17) is 9.47 Å². The van der Waals surface area contributed by atoms with Gasteiger partial charge in [-0.1, -0.05) is 36.4 Å². The summed E-state index contributed by atoms with van der Waals surface area (Å²) in [5.41, 5.74) is 1.86. The van der Waals surface area contributed by atoms with Crippen LogP contribution in [0.1, 0.15) is 30.9 Å². The molecule has 4 heteroatoms. The van der Waals surface area contributed by atoms with Crippen molar-refractivity contribution in [1.29, 1.82) is 0 Å². The lowest BCUT2D eigenvalue weighted by Crippen LogP contribution is -2.26. The van der Waals surface area contributed by atoms with Crippen LogP contribution in [0.4, 0.5) is 0 Å². The molecule has 0 spiro atoms. The Kier molecular flexibility index (Phi) is 6.73.